The Labute approximate surface area is 126 Å². The molecule has 5 nitrogen and oxygen atoms in total. The minimum Gasteiger partial charge on any atom is -0.481 e. The summed E-state index contributed by atoms with van der Waals surface area (Å²) in [7, 11) is 0. The second kappa shape index (κ2) is 7.29. The molecular weight excluding hydrogens is 266 g/mol. The predicted molar refractivity (Wildman–Crippen MR) is 84.8 cm³/mol. The van der Waals surface area contributed by atoms with Crippen molar-refractivity contribution in [2.45, 2.75) is 45.6 Å². The summed E-state index contributed by atoms with van der Waals surface area (Å²) in [5.74, 6) is 0.105. The Hall–Kier alpha value is -1.78. The zero-order valence-electron chi connectivity index (χ0n) is 12.9. The first-order chi connectivity index (χ1) is 10.1. The van der Waals surface area contributed by atoms with Gasteiger partial charge in [-0.15, -0.1) is 0 Å². The lowest BCUT2D eigenvalue weighted by Gasteiger charge is -2.28. The number of nitrogens with one attached hydrogen (secondary N) is 1. The van der Waals surface area contributed by atoms with Crippen molar-refractivity contribution in [1.29, 1.82) is 0 Å². The third-order valence-corrected chi connectivity index (χ3v) is 4.23. The van der Waals surface area contributed by atoms with Gasteiger partial charge >= 0.3 is 5.97 Å². The van der Waals surface area contributed by atoms with Gasteiger partial charge in [0, 0.05) is 19.1 Å². The standard InChI is InChI=1S/C16H25N3O2/c1-3-19(4-2)15-9-8-14(11-17-15)18-13-7-5-6-12(10-13)16(20)21/h8-9,11-13,18H,3-7,10H2,1-2H3,(H,20,21). The van der Waals surface area contributed by atoms with Crippen LogP contribution in [0.15, 0.2) is 18.3 Å². The lowest BCUT2D eigenvalue weighted by molar-refractivity contribution is -0.142. The van der Waals surface area contributed by atoms with Gasteiger partial charge in [0.1, 0.15) is 5.82 Å². The van der Waals surface area contributed by atoms with E-state index in [1.54, 1.807) is 0 Å². The fourth-order valence-corrected chi connectivity index (χ4v) is 2.99. The summed E-state index contributed by atoms with van der Waals surface area (Å²) in [6.45, 7) is 6.12. The van der Waals surface area contributed by atoms with E-state index in [0.29, 0.717) is 6.42 Å². The minimum atomic E-state index is -0.670. The fourth-order valence-electron chi connectivity index (χ4n) is 2.99. The van der Waals surface area contributed by atoms with Crippen LogP contribution < -0.4 is 10.2 Å². The Morgan fingerprint density at radius 2 is 2.14 bits per heavy atom. The number of carboxylic acid groups (broad SMARTS) is 1. The van der Waals surface area contributed by atoms with Crippen LogP contribution in [0.25, 0.3) is 0 Å². The van der Waals surface area contributed by atoms with E-state index in [0.717, 1.165) is 43.9 Å². The molecule has 2 rings (SSSR count). The summed E-state index contributed by atoms with van der Waals surface area (Å²) in [6, 6.07) is 4.29. The third-order valence-electron chi connectivity index (χ3n) is 4.23. The number of hydrogen-bond acceptors (Lipinski definition) is 4. The van der Waals surface area contributed by atoms with E-state index in [1.165, 1.54) is 0 Å². The number of anilines is 2. The molecule has 1 fully saturated rings. The summed E-state index contributed by atoms with van der Waals surface area (Å²) in [5.41, 5.74) is 0.974. The van der Waals surface area contributed by atoms with Gasteiger partial charge in [0.2, 0.25) is 0 Å². The minimum absolute atomic E-state index is 0.209. The highest BCUT2D eigenvalue weighted by Gasteiger charge is 2.26. The maximum Gasteiger partial charge on any atom is 0.306 e. The van der Waals surface area contributed by atoms with Crippen LogP contribution >= 0.6 is 0 Å². The molecule has 0 radical (unpaired) electrons. The normalized spacial score (nSPS) is 21.8. The maximum atomic E-state index is 11.1. The number of pyridine rings is 1. The van der Waals surface area contributed by atoms with Crippen molar-refractivity contribution in [3.63, 3.8) is 0 Å². The molecule has 1 heterocycles. The van der Waals surface area contributed by atoms with Crippen LogP contribution in [0, 0.1) is 5.92 Å². The monoisotopic (exact) mass is 291 g/mol. The lowest BCUT2D eigenvalue weighted by Crippen LogP contribution is -2.31. The lowest BCUT2D eigenvalue weighted by atomic mass is 9.86. The quantitative estimate of drug-likeness (QED) is 0.843. The van der Waals surface area contributed by atoms with Gasteiger partial charge in [0.15, 0.2) is 0 Å². The summed E-state index contributed by atoms with van der Waals surface area (Å²) < 4.78 is 0. The van der Waals surface area contributed by atoms with Gasteiger partial charge < -0.3 is 15.3 Å². The van der Waals surface area contributed by atoms with Crippen molar-refractivity contribution in [3.05, 3.63) is 18.3 Å². The molecular formula is C16H25N3O2. The van der Waals surface area contributed by atoms with Crippen LogP contribution in [0.5, 0.6) is 0 Å². The van der Waals surface area contributed by atoms with Crippen LogP contribution in [0.4, 0.5) is 11.5 Å². The summed E-state index contributed by atoms with van der Waals surface area (Å²) in [5, 5.41) is 12.6. The molecule has 0 aromatic carbocycles. The van der Waals surface area contributed by atoms with Gasteiger partial charge in [0.25, 0.3) is 0 Å². The molecule has 0 aliphatic heterocycles. The first kappa shape index (κ1) is 15.6. The van der Waals surface area contributed by atoms with E-state index < -0.39 is 5.97 Å². The highest BCUT2D eigenvalue weighted by Crippen LogP contribution is 2.27. The Bertz CT molecular complexity index is 457. The van der Waals surface area contributed by atoms with Gasteiger partial charge in [-0.25, -0.2) is 4.98 Å². The number of rotatable bonds is 6. The molecule has 116 valence electrons. The Balaban J connectivity index is 1.95. The van der Waals surface area contributed by atoms with E-state index in [9.17, 15) is 4.79 Å². The molecule has 1 aliphatic carbocycles. The number of carbonyl (C=O) groups is 1. The van der Waals surface area contributed by atoms with Crippen LogP contribution in [0.2, 0.25) is 0 Å². The largest absolute Gasteiger partial charge is 0.481 e. The van der Waals surface area contributed by atoms with E-state index in [1.807, 2.05) is 18.3 Å². The molecule has 1 aliphatic rings. The molecule has 1 aromatic heterocycles. The van der Waals surface area contributed by atoms with Gasteiger partial charge in [-0.05, 0) is 45.2 Å². The van der Waals surface area contributed by atoms with E-state index in [4.69, 9.17) is 5.11 Å². The highest BCUT2D eigenvalue weighted by molar-refractivity contribution is 5.70. The second-order valence-electron chi connectivity index (χ2n) is 5.62. The van der Waals surface area contributed by atoms with Gasteiger partial charge in [-0.1, -0.05) is 6.42 Å². The van der Waals surface area contributed by atoms with E-state index in [-0.39, 0.29) is 12.0 Å². The topological polar surface area (TPSA) is 65.5 Å². The SMILES string of the molecule is CCN(CC)c1ccc(NC2CCCC(C(=O)O)C2)cn1. The number of nitrogens with zero attached hydrogens (tertiary/aromatic N) is 2. The van der Waals surface area contributed by atoms with Crippen molar-refractivity contribution < 1.29 is 9.90 Å². The first-order valence-corrected chi connectivity index (χ1v) is 7.84. The van der Waals surface area contributed by atoms with Crippen LogP contribution in [0.1, 0.15) is 39.5 Å². The molecule has 1 saturated carbocycles. The number of aromatic nitrogens is 1. The zero-order chi connectivity index (χ0) is 15.2. The molecule has 0 saturated heterocycles. The van der Waals surface area contributed by atoms with Crippen LogP contribution in [-0.2, 0) is 4.79 Å². The summed E-state index contributed by atoms with van der Waals surface area (Å²) in [4.78, 5) is 17.8. The van der Waals surface area contributed by atoms with Gasteiger partial charge in [-0.3, -0.25) is 4.79 Å². The Kier molecular flexibility index (Phi) is 5.42. The van der Waals surface area contributed by atoms with Gasteiger partial charge in [-0.2, -0.15) is 0 Å². The molecule has 0 spiro atoms. The van der Waals surface area contributed by atoms with Gasteiger partial charge in [0.05, 0.1) is 17.8 Å². The average Bonchev–Trinajstić information content (AvgIpc) is 2.50. The predicted octanol–water partition coefficient (Wildman–Crippen LogP) is 2.98. The van der Waals surface area contributed by atoms with Crippen LogP contribution in [0.3, 0.4) is 0 Å². The molecule has 1 aromatic rings. The van der Waals surface area contributed by atoms with Crippen molar-refractivity contribution >= 4 is 17.5 Å². The smallest absolute Gasteiger partial charge is 0.306 e. The average molecular weight is 291 g/mol. The second-order valence-corrected chi connectivity index (χ2v) is 5.62. The van der Waals surface area contributed by atoms with Crippen molar-refractivity contribution in [3.8, 4) is 0 Å². The zero-order valence-corrected chi connectivity index (χ0v) is 12.9. The molecule has 0 amide bonds. The van der Waals surface area contributed by atoms with Crippen molar-refractivity contribution in [2.75, 3.05) is 23.3 Å². The molecule has 2 unspecified atom stereocenters. The van der Waals surface area contributed by atoms with Crippen LogP contribution in [-0.4, -0.2) is 35.2 Å². The highest BCUT2D eigenvalue weighted by atomic mass is 16.4. The third kappa shape index (κ3) is 4.09. The summed E-state index contributed by atoms with van der Waals surface area (Å²) in [6.07, 6.45) is 5.35. The maximum absolute atomic E-state index is 11.1. The number of hydrogen-bond donors (Lipinski definition) is 2. The molecule has 2 atom stereocenters. The van der Waals surface area contributed by atoms with E-state index >= 15 is 0 Å². The van der Waals surface area contributed by atoms with E-state index in [2.05, 4.69) is 29.0 Å². The number of aliphatic carboxylic acids is 1. The first-order valence-electron chi connectivity index (χ1n) is 7.84. The molecule has 2 N–H and O–H groups in total. The molecule has 21 heavy (non-hydrogen) atoms. The molecule has 0 bridgehead atoms. The fraction of sp³-hybridized carbons (Fsp3) is 0.625. The summed E-state index contributed by atoms with van der Waals surface area (Å²) >= 11 is 0. The Morgan fingerprint density at radius 1 is 1.38 bits per heavy atom. The molecule has 5 heteroatoms. The Morgan fingerprint density at radius 3 is 2.71 bits per heavy atom. The van der Waals surface area contributed by atoms with Crippen molar-refractivity contribution in [2.24, 2.45) is 5.92 Å². The number of carboxylic acids is 1. The van der Waals surface area contributed by atoms with Crippen molar-refractivity contribution in [1.82, 2.24) is 4.98 Å².